The van der Waals surface area contributed by atoms with E-state index in [-0.39, 0.29) is 5.91 Å². The fourth-order valence-electron chi connectivity index (χ4n) is 2.66. The lowest BCUT2D eigenvalue weighted by Gasteiger charge is -2.30. The zero-order chi connectivity index (χ0) is 14.3. The van der Waals surface area contributed by atoms with Crippen LogP contribution in [0.15, 0.2) is 27.4 Å². The molecule has 1 aromatic heterocycles. The van der Waals surface area contributed by atoms with Crippen molar-refractivity contribution in [3.63, 3.8) is 0 Å². The molecule has 3 rings (SSSR count). The van der Waals surface area contributed by atoms with Gasteiger partial charge in [0.15, 0.2) is 5.58 Å². The highest BCUT2D eigenvalue weighted by molar-refractivity contribution is 5.97. The number of piperidine rings is 1. The molecule has 0 saturated carbocycles. The number of fused-ring (bicyclic) bond motifs is 1. The summed E-state index contributed by atoms with van der Waals surface area (Å²) in [5.74, 6) is 0.301. The number of hydrogen-bond donors (Lipinski definition) is 0. The third-order valence-electron chi connectivity index (χ3n) is 4.11. The van der Waals surface area contributed by atoms with Crippen LogP contribution in [0.25, 0.3) is 11.1 Å². The van der Waals surface area contributed by atoms with E-state index in [9.17, 15) is 9.59 Å². The summed E-state index contributed by atoms with van der Waals surface area (Å²) in [6, 6.07) is 5.19. The highest BCUT2D eigenvalue weighted by atomic mass is 16.4. The second-order valence-corrected chi connectivity index (χ2v) is 5.58. The average molecular weight is 274 g/mol. The normalized spacial score (nSPS) is 16.8. The topological polar surface area (TPSA) is 55.5 Å². The zero-order valence-corrected chi connectivity index (χ0v) is 11.8. The van der Waals surface area contributed by atoms with Crippen molar-refractivity contribution >= 4 is 17.0 Å². The summed E-state index contributed by atoms with van der Waals surface area (Å²) in [5, 5.41) is 0. The second-order valence-electron chi connectivity index (χ2n) is 5.58. The monoisotopic (exact) mass is 274 g/mol. The average Bonchev–Trinajstić information content (AvgIpc) is 2.74. The molecule has 0 bridgehead atoms. The first-order valence-electron chi connectivity index (χ1n) is 6.95. The number of hydrogen-bond acceptors (Lipinski definition) is 3. The molecule has 1 aliphatic rings. The fraction of sp³-hybridized carbons (Fsp3) is 0.467. The maximum absolute atomic E-state index is 12.4. The van der Waals surface area contributed by atoms with Crippen molar-refractivity contribution in [1.29, 1.82) is 0 Å². The van der Waals surface area contributed by atoms with Crippen LogP contribution in [0.3, 0.4) is 0 Å². The van der Waals surface area contributed by atoms with E-state index in [2.05, 4.69) is 6.92 Å². The predicted octanol–water partition coefficient (Wildman–Crippen LogP) is 2.00. The third kappa shape index (κ3) is 2.13. The van der Waals surface area contributed by atoms with Gasteiger partial charge in [-0.15, -0.1) is 0 Å². The van der Waals surface area contributed by atoms with Crippen molar-refractivity contribution in [2.24, 2.45) is 13.0 Å². The fourth-order valence-corrected chi connectivity index (χ4v) is 2.66. The minimum atomic E-state index is -0.406. The summed E-state index contributed by atoms with van der Waals surface area (Å²) in [6.07, 6.45) is 2.10. The number of aryl methyl sites for hydroxylation is 1. The molecule has 1 fully saturated rings. The smallest absolute Gasteiger partial charge is 0.408 e. The van der Waals surface area contributed by atoms with Gasteiger partial charge in [-0.3, -0.25) is 9.36 Å². The summed E-state index contributed by atoms with van der Waals surface area (Å²) in [7, 11) is 1.65. The van der Waals surface area contributed by atoms with Crippen molar-refractivity contribution < 1.29 is 9.21 Å². The van der Waals surface area contributed by atoms with Gasteiger partial charge in [0.05, 0.1) is 5.52 Å². The molecule has 1 saturated heterocycles. The molecule has 0 atom stereocenters. The molecule has 0 N–H and O–H groups in total. The molecular formula is C15H18N2O3. The van der Waals surface area contributed by atoms with Crippen molar-refractivity contribution in [3.8, 4) is 0 Å². The first kappa shape index (κ1) is 13.0. The van der Waals surface area contributed by atoms with E-state index in [1.165, 1.54) is 4.57 Å². The van der Waals surface area contributed by atoms with Crippen molar-refractivity contribution in [1.82, 2.24) is 9.47 Å². The van der Waals surface area contributed by atoms with E-state index in [4.69, 9.17) is 4.42 Å². The van der Waals surface area contributed by atoms with Gasteiger partial charge in [0, 0.05) is 25.7 Å². The molecule has 0 aliphatic carbocycles. The Morgan fingerprint density at radius 2 is 2.00 bits per heavy atom. The molecule has 1 aromatic carbocycles. The standard InChI is InChI=1S/C15H18N2O3/c1-10-5-7-17(8-6-10)14(18)11-3-4-12-13(9-11)20-15(19)16(12)2/h3-4,9-10H,5-8H2,1-2H3. The van der Waals surface area contributed by atoms with Gasteiger partial charge in [0.2, 0.25) is 0 Å². The van der Waals surface area contributed by atoms with E-state index in [0.29, 0.717) is 22.6 Å². The Morgan fingerprint density at radius 3 is 2.70 bits per heavy atom. The van der Waals surface area contributed by atoms with E-state index in [1.807, 2.05) is 4.90 Å². The number of likely N-dealkylation sites (tertiary alicyclic amines) is 1. The SMILES string of the molecule is CC1CCN(C(=O)c2ccc3c(c2)oc(=O)n3C)CC1. The molecular weight excluding hydrogens is 256 g/mol. The quantitative estimate of drug-likeness (QED) is 0.799. The maximum atomic E-state index is 12.4. The van der Waals surface area contributed by atoms with Crippen LogP contribution in [-0.4, -0.2) is 28.5 Å². The molecule has 1 aliphatic heterocycles. The summed E-state index contributed by atoms with van der Waals surface area (Å²) in [4.78, 5) is 25.8. The number of carbonyl (C=O) groups excluding carboxylic acids is 1. The Bertz CT molecular complexity index is 705. The lowest BCUT2D eigenvalue weighted by molar-refractivity contribution is 0.0697. The Balaban J connectivity index is 1.90. The number of aromatic nitrogens is 1. The van der Waals surface area contributed by atoms with Crippen LogP contribution in [0.2, 0.25) is 0 Å². The summed E-state index contributed by atoms with van der Waals surface area (Å²) in [5.41, 5.74) is 1.76. The highest BCUT2D eigenvalue weighted by Crippen LogP contribution is 2.20. The Hall–Kier alpha value is -2.04. The van der Waals surface area contributed by atoms with Gasteiger partial charge in [0.1, 0.15) is 0 Å². The maximum Gasteiger partial charge on any atom is 0.419 e. The molecule has 5 heteroatoms. The van der Waals surface area contributed by atoms with Gasteiger partial charge in [-0.25, -0.2) is 4.79 Å². The van der Waals surface area contributed by atoms with Crippen LogP contribution in [0, 0.1) is 5.92 Å². The molecule has 2 heterocycles. The molecule has 1 amide bonds. The predicted molar refractivity (Wildman–Crippen MR) is 75.8 cm³/mol. The zero-order valence-electron chi connectivity index (χ0n) is 11.8. The van der Waals surface area contributed by atoms with E-state index in [1.54, 1.807) is 25.2 Å². The lowest BCUT2D eigenvalue weighted by atomic mass is 9.98. The van der Waals surface area contributed by atoms with E-state index < -0.39 is 5.76 Å². The highest BCUT2D eigenvalue weighted by Gasteiger charge is 2.22. The van der Waals surface area contributed by atoms with Gasteiger partial charge in [-0.05, 0) is 37.0 Å². The first-order chi connectivity index (χ1) is 9.56. The van der Waals surface area contributed by atoms with Crippen molar-refractivity contribution in [2.75, 3.05) is 13.1 Å². The van der Waals surface area contributed by atoms with Crippen LogP contribution < -0.4 is 5.76 Å². The van der Waals surface area contributed by atoms with Crippen LogP contribution in [-0.2, 0) is 7.05 Å². The molecule has 20 heavy (non-hydrogen) atoms. The summed E-state index contributed by atoms with van der Waals surface area (Å²) in [6.45, 7) is 3.82. The molecule has 0 radical (unpaired) electrons. The number of rotatable bonds is 1. The molecule has 2 aromatic rings. The second kappa shape index (κ2) is 4.81. The van der Waals surface area contributed by atoms with Crippen molar-refractivity contribution in [3.05, 3.63) is 34.3 Å². The number of amides is 1. The summed E-state index contributed by atoms with van der Waals surface area (Å²) < 4.78 is 6.57. The molecule has 0 unspecified atom stereocenters. The third-order valence-corrected chi connectivity index (χ3v) is 4.11. The Morgan fingerprint density at radius 1 is 1.30 bits per heavy atom. The summed E-state index contributed by atoms with van der Waals surface area (Å²) >= 11 is 0. The van der Waals surface area contributed by atoms with E-state index >= 15 is 0 Å². The van der Waals surface area contributed by atoms with Crippen LogP contribution in [0.5, 0.6) is 0 Å². The Labute approximate surface area is 116 Å². The minimum Gasteiger partial charge on any atom is -0.408 e. The van der Waals surface area contributed by atoms with Gasteiger partial charge in [0.25, 0.3) is 5.91 Å². The van der Waals surface area contributed by atoms with E-state index in [0.717, 1.165) is 25.9 Å². The van der Waals surface area contributed by atoms with Gasteiger partial charge in [-0.1, -0.05) is 6.92 Å². The Kier molecular flexibility index (Phi) is 3.12. The largest absolute Gasteiger partial charge is 0.419 e. The van der Waals surface area contributed by atoms with Crippen LogP contribution in [0.4, 0.5) is 0 Å². The van der Waals surface area contributed by atoms with Crippen LogP contribution in [0.1, 0.15) is 30.1 Å². The molecule has 5 nitrogen and oxygen atoms in total. The van der Waals surface area contributed by atoms with Crippen LogP contribution >= 0.6 is 0 Å². The first-order valence-corrected chi connectivity index (χ1v) is 6.95. The number of nitrogens with zero attached hydrogens (tertiary/aromatic N) is 2. The van der Waals surface area contributed by atoms with Crippen molar-refractivity contribution in [2.45, 2.75) is 19.8 Å². The molecule has 0 spiro atoms. The molecule has 106 valence electrons. The number of carbonyl (C=O) groups is 1. The van der Waals surface area contributed by atoms with Gasteiger partial charge >= 0.3 is 5.76 Å². The lowest BCUT2D eigenvalue weighted by Crippen LogP contribution is -2.37. The number of benzene rings is 1. The van der Waals surface area contributed by atoms with Gasteiger partial charge < -0.3 is 9.32 Å². The minimum absolute atomic E-state index is 0.0188. The van der Waals surface area contributed by atoms with Gasteiger partial charge in [-0.2, -0.15) is 0 Å². The number of oxazole rings is 1.